The second-order valence-electron chi connectivity index (χ2n) is 26.9. The molecule has 7 heteroatoms. The summed E-state index contributed by atoms with van der Waals surface area (Å²) >= 11 is 3.63. The summed E-state index contributed by atoms with van der Waals surface area (Å²) in [6.07, 6.45) is 0. The molecule has 0 amide bonds. The lowest BCUT2D eigenvalue weighted by atomic mass is 9.91. The highest BCUT2D eigenvalue weighted by atomic mass is 32.1. The van der Waals surface area contributed by atoms with E-state index in [1.807, 2.05) is 22.7 Å². The van der Waals surface area contributed by atoms with E-state index in [2.05, 4.69) is 350 Å². The Hall–Kier alpha value is -13.0. The smallest absolute Gasteiger partial charge is 0.144 e. The van der Waals surface area contributed by atoms with Crippen molar-refractivity contribution in [3.05, 3.63) is 340 Å². The van der Waals surface area contributed by atoms with Gasteiger partial charge in [0.25, 0.3) is 0 Å². The molecule has 5 aromatic heterocycles. The van der Waals surface area contributed by atoms with E-state index in [1.54, 1.807) is 0 Å². The summed E-state index contributed by atoms with van der Waals surface area (Å²) in [7, 11) is 0. The number of anilines is 6. The molecule has 480 valence electrons. The van der Waals surface area contributed by atoms with Crippen LogP contribution in [-0.4, -0.2) is 0 Å². The number of hydrogen-bond acceptors (Lipinski definition) is 7. The average Bonchev–Trinajstić information content (AvgIpc) is 1.60. The molecule has 0 unspecified atom stereocenters. The van der Waals surface area contributed by atoms with Gasteiger partial charge in [0.2, 0.25) is 0 Å². The van der Waals surface area contributed by atoms with Gasteiger partial charge in [-0.1, -0.05) is 218 Å². The van der Waals surface area contributed by atoms with Crippen LogP contribution in [0, 0.1) is 0 Å². The third kappa shape index (κ3) is 9.03. The van der Waals surface area contributed by atoms with Crippen LogP contribution in [0.3, 0.4) is 0 Å². The Labute approximate surface area is 598 Å². The van der Waals surface area contributed by atoms with Gasteiger partial charge in [0.1, 0.15) is 33.5 Å². The van der Waals surface area contributed by atoms with Gasteiger partial charge < -0.3 is 23.1 Å². The Morgan fingerprint density at radius 1 is 0.194 bits per heavy atom. The molecule has 0 spiro atoms. The van der Waals surface area contributed by atoms with E-state index in [9.17, 15) is 0 Å². The van der Waals surface area contributed by atoms with E-state index in [0.717, 1.165) is 144 Å². The molecule has 17 aromatic carbocycles. The summed E-state index contributed by atoms with van der Waals surface area (Å²) < 4.78 is 25.7. The van der Waals surface area contributed by atoms with Crippen LogP contribution in [0.25, 0.3) is 183 Å². The molecule has 0 aliphatic carbocycles. The largest absolute Gasteiger partial charge is 0.455 e. The van der Waals surface area contributed by atoms with Crippen LogP contribution in [0.2, 0.25) is 0 Å². The van der Waals surface area contributed by atoms with Crippen molar-refractivity contribution < 1.29 is 13.3 Å². The van der Waals surface area contributed by atoms with Crippen molar-refractivity contribution in [1.82, 2.24) is 0 Å². The van der Waals surface area contributed by atoms with Crippen molar-refractivity contribution in [2.75, 3.05) is 9.80 Å². The topological polar surface area (TPSA) is 45.9 Å². The number of rotatable bonds is 10. The summed E-state index contributed by atoms with van der Waals surface area (Å²) in [5.74, 6) is 0. The number of hydrogen-bond donors (Lipinski definition) is 0. The minimum atomic E-state index is 0.847. The van der Waals surface area contributed by atoms with Crippen molar-refractivity contribution in [2.45, 2.75) is 0 Å². The summed E-state index contributed by atoms with van der Waals surface area (Å²) in [5, 5.41) is 18.5. The maximum atomic E-state index is 7.09. The summed E-state index contributed by atoms with van der Waals surface area (Å²) in [6.45, 7) is 0. The lowest BCUT2D eigenvalue weighted by molar-refractivity contribution is 0.670. The first-order valence-corrected chi connectivity index (χ1v) is 36.6. The third-order valence-corrected chi connectivity index (χ3v) is 23.5. The van der Waals surface area contributed by atoms with Crippen LogP contribution in [0.5, 0.6) is 0 Å². The SMILES string of the molecule is c1ccc(-c2cccc(N(c3ccc(-c4ccc(-c5cccc6c5ccc5oc7c(ccc8sc9cc(N(c%10ccccc%10)c%10ccc(-c%11cccc%12ccccc%11%12)cc%10)ccc9c87)c56)c5c4oc4ccccc45)cc3)c3ccc4c(c3)sc3ccc5c(oc6ccc7ccccc7c65)c34)c2)cc1. The molecule has 5 nitrogen and oxygen atoms in total. The van der Waals surface area contributed by atoms with E-state index in [1.165, 1.54) is 73.2 Å². The van der Waals surface area contributed by atoms with Crippen LogP contribution in [0.1, 0.15) is 0 Å². The second kappa shape index (κ2) is 22.7. The van der Waals surface area contributed by atoms with Gasteiger partial charge in [0, 0.05) is 112 Å². The Bertz CT molecular complexity index is 7240. The van der Waals surface area contributed by atoms with Crippen LogP contribution in [-0.2, 0) is 0 Å². The minimum absolute atomic E-state index is 0.847. The summed E-state index contributed by atoms with van der Waals surface area (Å²) in [5.41, 5.74) is 20.8. The first kappa shape index (κ1) is 57.8. The van der Waals surface area contributed by atoms with Crippen LogP contribution in [0.15, 0.2) is 353 Å². The second-order valence-corrected chi connectivity index (χ2v) is 29.1. The maximum absolute atomic E-state index is 7.09. The molecule has 0 saturated heterocycles. The van der Waals surface area contributed by atoms with E-state index >= 15 is 0 Å². The fourth-order valence-electron chi connectivity index (χ4n) is 16.6. The molecule has 0 bridgehead atoms. The van der Waals surface area contributed by atoms with E-state index in [-0.39, 0.29) is 0 Å². The predicted molar refractivity (Wildman–Crippen MR) is 438 cm³/mol. The fraction of sp³-hybridized carbons (Fsp3) is 0. The highest BCUT2D eigenvalue weighted by molar-refractivity contribution is 7.26. The van der Waals surface area contributed by atoms with Crippen molar-refractivity contribution in [3.8, 4) is 44.5 Å². The zero-order chi connectivity index (χ0) is 67.4. The van der Waals surface area contributed by atoms with Crippen molar-refractivity contribution in [1.29, 1.82) is 0 Å². The number of benzene rings is 17. The number of furan rings is 3. The number of nitrogens with zero attached hydrogens (tertiary/aromatic N) is 2. The van der Waals surface area contributed by atoms with Gasteiger partial charge in [-0.15, -0.1) is 22.7 Å². The van der Waals surface area contributed by atoms with E-state index in [4.69, 9.17) is 13.3 Å². The molecule has 22 aromatic rings. The lowest BCUT2D eigenvalue weighted by Gasteiger charge is -2.26. The molecule has 0 radical (unpaired) electrons. The Morgan fingerprint density at radius 3 is 1.35 bits per heavy atom. The summed E-state index contributed by atoms with van der Waals surface area (Å²) in [6, 6.07) is 123. The highest BCUT2D eigenvalue weighted by Crippen LogP contribution is 2.51. The fourth-order valence-corrected chi connectivity index (χ4v) is 18.8. The molecular weight excluding hydrogens is 1290 g/mol. The van der Waals surface area contributed by atoms with Crippen LogP contribution >= 0.6 is 22.7 Å². The van der Waals surface area contributed by atoms with E-state index in [0.29, 0.717) is 0 Å². The Balaban J connectivity index is 0.633. The molecule has 0 aliphatic rings. The zero-order valence-electron chi connectivity index (χ0n) is 55.3. The molecule has 0 aliphatic heterocycles. The summed E-state index contributed by atoms with van der Waals surface area (Å²) in [4.78, 5) is 4.75. The van der Waals surface area contributed by atoms with Gasteiger partial charge in [-0.3, -0.25) is 0 Å². The lowest BCUT2D eigenvalue weighted by Crippen LogP contribution is -2.09. The molecule has 0 atom stereocenters. The van der Waals surface area contributed by atoms with Gasteiger partial charge >= 0.3 is 0 Å². The number of thiophene rings is 2. The third-order valence-electron chi connectivity index (χ3n) is 21.2. The van der Waals surface area contributed by atoms with Gasteiger partial charge in [0.05, 0.1) is 0 Å². The molecule has 0 N–H and O–H groups in total. The van der Waals surface area contributed by atoms with Gasteiger partial charge in [-0.25, -0.2) is 0 Å². The Morgan fingerprint density at radius 2 is 0.650 bits per heavy atom. The van der Waals surface area contributed by atoms with Crippen molar-refractivity contribution >= 4 is 195 Å². The quantitative estimate of drug-likeness (QED) is 0.137. The molecule has 0 fully saturated rings. The molecule has 103 heavy (non-hydrogen) atoms. The van der Waals surface area contributed by atoms with Crippen LogP contribution in [0.4, 0.5) is 34.1 Å². The number of para-hydroxylation sites is 2. The van der Waals surface area contributed by atoms with Gasteiger partial charge in [-0.05, 0) is 193 Å². The Kier molecular flexibility index (Phi) is 12.8. The average molecular weight is 1350 g/mol. The monoisotopic (exact) mass is 1350 g/mol. The van der Waals surface area contributed by atoms with Gasteiger partial charge in [0.15, 0.2) is 0 Å². The predicted octanol–water partition coefficient (Wildman–Crippen LogP) is 29.2. The highest BCUT2D eigenvalue weighted by Gasteiger charge is 2.25. The molecular formula is C96H56N2O3S2. The van der Waals surface area contributed by atoms with E-state index < -0.39 is 0 Å². The zero-order valence-corrected chi connectivity index (χ0v) is 56.9. The minimum Gasteiger partial charge on any atom is -0.455 e. The van der Waals surface area contributed by atoms with Crippen molar-refractivity contribution in [3.63, 3.8) is 0 Å². The van der Waals surface area contributed by atoms with Crippen molar-refractivity contribution in [2.24, 2.45) is 0 Å². The molecule has 5 heterocycles. The van der Waals surface area contributed by atoms with Crippen LogP contribution < -0.4 is 9.80 Å². The molecule has 0 saturated carbocycles. The first-order valence-electron chi connectivity index (χ1n) is 34.9. The molecule has 22 rings (SSSR count). The van der Waals surface area contributed by atoms with Gasteiger partial charge in [-0.2, -0.15) is 0 Å². The normalized spacial score (nSPS) is 12.1. The number of fused-ring (bicyclic) bond motifs is 22. The standard InChI is InChI=1S/C96H56N2O3S2/c1-3-16-57(17-4-1)62-21-13-24-66(54-62)98(68-42-44-79-88(56-68)103-85-52-48-80-89-71-26-10-8-19-59(71)36-50-83(89)100-95(80)92(79)85)65-39-34-61(35-40-65)72-45-46-76(91-77-27-11-12-31-82(77)99-94(72)91)73-29-15-30-75-74(73)47-51-84-90(75)81-49-53-86-93(96(81)101-84)78-43-41-67(55-87(78)102-86)97(63-22-5-2-6-23-63)64-37-32-60(33-38-64)70-28-14-20-58-18-7-9-25-69(58)70/h1-56H. The maximum Gasteiger partial charge on any atom is 0.144 e. The first-order chi connectivity index (χ1) is 51.0.